The van der Waals surface area contributed by atoms with Crippen molar-refractivity contribution in [3.8, 4) is 0 Å². The molecule has 0 bridgehead atoms. The topological polar surface area (TPSA) is 88.5 Å². The molecule has 7 nitrogen and oxygen atoms in total. The highest BCUT2D eigenvalue weighted by Gasteiger charge is 2.58. The number of hydrogen-bond acceptors (Lipinski definition) is 7. The highest BCUT2D eigenvalue weighted by Crippen LogP contribution is 2.55. The lowest BCUT2D eigenvalue weighted by Crippen LogP contribution is -2.33. The molecule has 1 N–H and O–H groups in total. The van der Waals surface area contributed by atoms with E-state index in [2.05, 4.69) is 5.32 Å². The fourth-order valence-corrected chi connectivity index (χ4v) is 9.01. The van der Waals surface area contributed by atoms with E-state index in [-0.39, 0.29) is 10.7 Å². The number of hydrogen-bond donors (Lipinski definition) is 1. The van der Waals surface area contributed by atoms with E-state index in [1.54, 1.807) is 17.5 Å². The van der Waals surface area contributed by atoms with Gasteiger partial charge >= 0.3 is 17.2 Å². The van der Waals surface area contributed by atoms with Gasteiger partial charge in [0.2, 0.25) is 17.7 Å². The summed E-state index contributed by atoms with van der Waals surface area (Å²) in [7, 11) is 0. The molecule has 6 rings (SSSR count). The fourth-order valence-electron chi connectivity index (χ4n) is 5.29. The molecule has 16 heteroatoms. The highest BCUT2D eigenvalue weighted by atomic mass is 32.2. The number of alkyl halides is 6. The molecule has 3 atom stereocenters. The number of nitrogens with one attached hydrogen (secondary N) is 1. The average molecular weight is 670 g/mol. The van der Waals surface area contributed by atoms with Crippen LogP contribution in [0.3, 0.4) is 0 Å². The quantitative estimate of drug-likeness (QED) is 0.195. The molecule has 2 aliphatic rings. The zero-order valence-electron chi connectivity index (χ0n) is 21.8. The number of amides is 3. The molecule has 3 amide bonds. The number of anilines is 2. The summed E-state index contributed by atoms with van der Waals surface area (Å²) in [5, 5.41) is 3.03. The number of nitrogens with zero attached hydrogens (tertiary/aromatic N) is 2. The molecular formula is C28H17F6N3O4S3. The van der Waals surface area contributed by atoms with E-state index in [1.165, 1.54) is 23.5 Å². The van der Waals surface area contributed by atoms with Gasteiger partial charge in [0.15, 0.2) is 0 Å². The Labute approximate surface area is 256 Å². The molecule has 0 aliphatic carbocycles. The van der Waals surface area contributed by atoms with Gasteiger partial charge in [-0.2, -0.15) is 26.3 Å². The number of aromatic nitrogens is 1. The van der Waals surface area contributed by atoms with Crippen LogP contribution in [-0.2, 0) is 33.3 Å². The average Bonchev–Trinajstić information content (AvgIpc) is 3.65. The van der Waals surface area contributed by atoms with Crippen LogP contribution in [-0.4, -0.2) is 27.5 Å². The minimum atomic E-state index is -4.85. The van der Waals surface area contributed by atoms with Gasteiger partial charge < -0.3 is 5.32 Å². The third kappa shape index (κ3) is 5.24. The Bertz CT molecular complexity index is 1850. The number of thiazole rings is 1. The molecule has 2 aliphatic heterocycles. The monoisotopic (exact) mass is 669 g/mol. The van der Waals surface area contributed by atoms with Crippen molar-refractivity contribution in [1.29, 1.82) is 0 Å². The van der Waals surface area contributed by atoms with E-state index in [4.69, 9.17) is 0 Å². The van der Waals surface area contributed by atoms with Crippen molar-refractivity contribution in [3.63, 3.8) is 0 Å². The maximum absolute atomic E-state index is 13.9. The first-order valence-electron chi connectivity index (χ1n) is 12.7. The van der Waals surface area contributed by atoms with Crippen LogP contribution in [0.25, 0.3) is 0 Å². The van der Waals surface area contributed by atoms with E-state index in [0.29, 0.717) is 14.7 Å². The Morgan fingerprint density at radius 1 is 0.886 bits per heavy atom. The third-order valence-corrected chi connectivity index (χ3v) is 10.7. The van der Waals surface area contributed by atoms with Crippen LogP contribution in [0, 0.1) is 5.92 Å². The summed E-state index contributed by atoms with van der Waals surface area (Å²) in [5.74, 6) is -4.56. The number of fused-ring (bicyclic) bond motifs is 2. The van der Waals surface area contributed by atoms with Crippen LogP contribution in [0.2, 0.25) is 0 Å². The molecule has 0 radical (unpaired) electrons. The van der Waals surface area contributed by atoms with E-state index in [1.807, 2.05) is 0 Å². The molecule has 2 aromatic carbocycles. The number of benzene rings is 2. The van der Waals surface area contributed by atoms with Crippen LogP contribution in [0.15, 0.2) is 75.9 Å². The number of rotatable bonds is 5. The van der Waals surface area contributed by atoms with Gasteiger partial charge in [-0.25, -0.2) is 4.90 Å². The van der Waals surface area contributed by atoms with Gasteiger partial charge in [-0.1, -0.05) is 47.4 Å². The van der Waals surface area contributed by atoms with Crippen LogP contribution < -0.4 is 15.1 Å². The second-order valence-electron chi connectivity index (χ2n) is 9.83. The first-order valence-corrected chi connectivity index (χ1v) is 15.3. The largest absolute Gasteiger partial charge is 0.418 e. The van der Waals surface area contributed by atoms with Crippen molar-refractivity contribution >= 4 is 63.5 Å². The summed E-state index contributed by atoms with van der Waals surface area (Å²) in [6, 6.07) is 11.6. The number of imide groups is 1. The molecule has 0 saturated carbocycles. The molecule has 2 aromatic heterocycles. The SMILES string of the molecule is O=C(Cn1c2c(sc1=O)[C@H](c1cccs1)C1C(=O)N(c3ccccc3C(F)(F)F)C(=O)C1S2)Nc1cccc(C(F)(F)F)c1. The van der Waals surface area contributed by atoms with E-state index >= 15 is 0 Å². The molecule has 1 fully saturated rings. The Morgan fingerprint density at radius 3 is 2.32 bits per heavy atom. The van der Waals surface area contributed by atoms with Gasteiger partial charge in [0.25, 0.3) is 0 Å². The van der Waals surface area contributed by atoms with E-state index in [9.17, 15) is 45.5 Å². The number of para-hydroxylation sites is 1. The Balaban J connectivity index is 1.37. The lowest BCUT2D eigenvalue weighted by atomic mass is 9.87. The molecule has 1 saturated heterocycles. The minimum Gasteiger partial charge on any atom is -0.325 e. The normalized spacial score (nSPS) is 20.0. The highest BCUT2D eigenvalue weighted by molar-refractivity contribution is 8.00. The van der Waals surface area contributed by atoms with Crippen LogP contribution >= 0.6 is 34.4 Å². The van der Waals surface area contributed by atoms with Crippen molar-refractivity contribution in [1.82, 2.24) is 4.57 Å². The Kier molecular flexibility index (Phi) is 7.49. The number of carbonyl (C=O) groups excluding carboxylic acids is 3. The van der Waals surface area contributed by atoms with Crippen molar-refractivity contribution in [2.45, 2.75) is 35.1 Å². The van der Waals surface area contributed by atoms with Gasteiger partial charge in [0, 0.05) is 21.4 Å². The van der Waals surface area contributed by atoms with E-state index in [0.717, 1.165) is 64.1 Å². The Morgan fingerprint density at radius 2 is 1.64 bits per heavy atom. The molecule has 44 heavy (non-hydrogen) atoms. The smallest absolute Gasteiger partial charge is 0.325 e. The number of carbonyl (C=O) groups is 3. The van der Waals surface area contributed by atoms with Gasteiger partial charge in [0.05, 0.1) is 27.8 Å². The number of thioether (sulfide) groups is 1. The van der Waals surface area contributed by atoms with E-state index < -0.39 is 75.4 Å². The summed E-state index contributed by atoms with van der Waals surface area (Å²) < 4.78 is 82.0. The maximum Gasteiger partial charge on any atom is 0.418 e. The number of thiophene rings is 1. The first-order chi connectivity index (χ1) is 20.8. The summed E-state index contributed by atoms with van der Waals surface area (Å²) in [4.78, 5) is 54.5. The molecular weight excluding hydrogens is 653 g/mol. The third-order valence-electron chi connectivity index (χ3n) is 7.12. The first kappa shape index (κ1) is 30.1. The predicted molar refractivity (Wildman–Crippen MR) is 152 cm³/mol. The zero-order valence-corrected chi connectivity index (χ0v) is 24.3. The summed E-state index contributed by atoms with van der Waals surface area (Å²) in [6.45, 7) is -0.620. The van der Waals surface area contributed by atoms with Crippen molar-refractivity contribution < 1.29 is 40.7 Å². The second kappa shape index (κ2) is 10.9. The molecule has 228 valence electrons. The second-order valence-corrected chi connectivity index (χ2v) is 12.9. The van der Waals surface area contributed by atoms with Crippen molar-refractivity contribution in [2.24, 2.45) is 5.92 Å². The van der Waals surface area contributed by atoms with Crippen LogP contribution in [0.5, 0.6) is 0 Å². The van der Waals surface area contributed by atoms with Crippen molar-refractivity contribution in [3.05, 3.63) is 96.6 Å². The summed E-state index contributed by atoms with van der Waals surface area (Å²) in [6.07, 6.45) is -9.49. The summed E-state index contributed by atoms with van der Waals surface area (Å²) in [5.41, 5.74) is -2.89. The molecule has 4 heterocycles. The van der Waals surface area contributed by atoms with Gasteiger partial charge in [0.1, 0.15) is 11.8 Å². The molecule has 2 unspecified atom stereocenters. The molecule has 4 aromatic rings. The van der Waals surface area contributed by atoms with Gasteiger partial charge in [-0.15, -0.1) is 11.3 Å². The summed E-state index contributed by atoms with van der Waals surface area (Å²) >= 11 is 2.78. The van der Waals surface area contributed by atoms with Crippen molar-refractivity contribution in [2.75, 3.05) is 10.2 Å². The standard InChI is InChI=1S/C28H17F6N3O4S3/c29-27(30,31)13-5-3-6-14(11-13)35-18(38)12-36-25-22(44-26(36)41)19(17-9-4-10-42-17)20-21(43-25)24(40)37(23(20)39)16-8-2-1-7-15(16)28(32,33)34/h1-11,19-21H,12H2,(H,35,38)/t19-,20?,21?/m1/s1. The maximum atomic E-state index is 13.9. The van der Waals surface area contributed by atoms with Crippen LogP contribution in [0.1, 0.15) is 26.8 Å². The Hall–Kier alpha value is -3.89. The van der Waals surface area contributed by atoms with Crippen LogP contribution in [0.4, 0.5) is 37.7 Å². The molecule has 0 spiro atoms. The fraction of sp³-hybridized carbons (Fsp3) is 0.214. The lowest BCUT2D eigenvalue weighted by molar-refractivity contribution is -0.138. The lowest BCUT2D eigenvalue weighted by Gasteiger charge is -2.29. The van der Waals surface area contributed by atoms with Gasteiger partial charge in [-0.05, 0) is 41.8 Å². The predicted octanol–water partition coefficient (Wildman–Crippen LogP) is 6.44. The number of halogens is 6. The minimum absolute atomic E-state index is 0.151. The zero-order chi connectivity index (χ0) is 31.6. The van der Waals surface area contributed by atoms with Gasteiger partial charge in [-0.3, -0.25) is 23.7 Å².